The molecule has 2 unspecified atom stereocenters. The van der Waals surface area contributed by atoms with Crippen molar-refractivity contribution in [3.63, 3.8) is 0 Å². The van der Waals surface area contributed by atoms with Gasteiger partial charge in [-0.1, -0.05) is 6.07 Å². The van der Waals surface area contributed by atoms with Crippen LogP contribution >= 0.6 is 25.3 Å². The van der Waals surface area contributed by atoms with Crippen molar-refractivity contribution in [3.8, 4) is 0 Å². The monoisotopic (exact) mass is 576 g/mol. The van der Waals surface area contributed by atoms with Crippen molar-refractivity contribution < 1.29 is 94.1 Å². The first-order valence-electron chi connectivity index (χ1n) is 7.23. The molecular weight excluding hydrogens is 558 g/mol. The van der Waals surface area contributed by atoms with Gasteiger partial charge in [0.15, 0.2) is 0 Å². The van der Waals surface area contributed by atoms with Gasteiger partial charge in [-0.2, -0.15) is 39.5 Å². The minimum atomic E-state index is -0.985. The van der Waals surface area contributed by atoms with Crippen LogP contribution in [0.2, 0.25) is 0 Å². The zero-order valence-corrected chi connectivity index (χ0v) is 22.3. The molecule has 0 aliphatic heterocycles. The number of benzene rings is 1. The average Bonchev–Trinajstić information content (AvgIpc) is 2.68. The second kappa shape index (κ2) is 15.8. The Hall–Kier alpha value is 0.00779. The Kier molecular flexibility index (Phi) is 17.0. The molecular formula is C16H18N2O6S2Y2-2. The third-order valence-corrected chi connectivity index (χ3v) is 3.95. The van der Waals surface area contributed by atoms with Gasteiger partial charge >= 0.3 is 0 Å². The topological polar surface area (TPSA) is 111 Å². The smallest absolute Gasteiger partial charge is 0.297 e. The maximum Gasteiger partial charge on any atom is 0.297 e. The van der Waals surface area contributed by atoms with E-state index in [9.17, 15) is 19.2 Å². The third-order valence-electron chi connectivity index (χ3n) is 3.22. The van der Waals surface area contributed by atoms with Crippen LogP contribution in [0.1, 0.15) is 20.7 Å². The van der Waals surface area contributed by atoms with Gasteiger partial charge in [-0.05, 0) is 18.2 Å². The van der Waals surface area contributed by atoms with Crippen LogP contribution in [0.25, 0.3) is 0 Å². The number of carbonyl (C=O) groups excluding carboxylic acids is 4. The van der Waals surface area contributed by atoms with Crippen molar-refractivity contribution in [2.45, 2.75) is 12.1 Å². The SMILES string of the molecule is [CH2-]OC(=O)C(CS)NC(=O)c1cccc(C(=O)NC(CS)C(=O)O[CH2-])c1.[Y].[Y]. The summed E-state index contributed by atoms with van der Waals surface area (Å²) in [4.78, 5) is 47.4. The van der Waals surface area contributed by atoms with Gasteiger partial charge < -0.3 is 20.1 Å². The van der Waals surface area contributed by atoms with Crippen LogP contribution in [0.4, 0.5) is 0 Å². The fourth-order valence-corrected chi connectivity index (χ4v) is 2.32. The van der Waals surface area contributed by atoms with E-state index in [0.717, 1.165) is 0 Å². The van der Waals surface area contributed by atoms with Gasteiger partial charge in [0, 0.05) is 88.1 Å². The molecule has 148 valence electrons. The van der Waals surface area contributed by atoms with Crippen LogP contribution in [-0.2, 0) is 84.5 Å². The number of rotatable bonds is 8. The normalized spacial score (nSPS) is 11.6. The largest absolute Gasteiger partial charge is 0.639 e. The maximum absolute atomic E-state index is 12.2. The predicted molar refractivity (Wildman–Crippen MR) is 99.6 cm³/mol. The van der Waals surface area contributed by atoms with Crippen molar-refractivity contribution in [1.82, 2.24) is 10.6 Å². The van der Waals surface area contributed by atoms with Gasteiger partial charge in [0.25, 0.3) is 23.8 Å². The summed E-state index contributed by atoms with van der Waals surface area (Å²) in [6.07, 6.45) is 0. The number of esters is 2. The minimum absolute atomic E-state index is 0. The van der Waals surface area contributed by atoms with Crippen LogP contribution in [0.15, 0.2) is 24.3 Å². The zero-order chi connectivity index (χ0) is 19.7. The van der Waals surface area contributed by atoms with Crippen LogP contribution in [0.3, 0.4) is 0 Å². The van der Waals surface area contributed by atoms with Crippen molar-refractivity contribution in [3.05, 3.63) is 49.6 Å². The molecule has 0 spiro atoms. The summed E-state index contributed by atoms with van der Waals surface area (Å²) >= 11 is 7.92. The van der Waals surface area contributed by atoms with Gasteiger partial charge in [0.05, 0.1) is 0 Å². The van der Waals surface area contributed by atoms with E-state index < -0.39 is 35.8 Å². The van der Waals surface area contributed by atoms with E-state index in [0.29, 0.717) is 0 Å². The minimum Gasteiger partial charge on any atom is -0.639 e. The molecule has 2 amide bonds. The fraction of sp³-hybridized carbons (Fsp3) is 0.250. The maximum atomic E-state index is 12.2. The van der Waals surface area contributed by atoms with Crippen LogP contribution in [-0.4, -0.2) is 47.3 Å². The van der Waals surface area contributed by atoms with Crippen molar-refractivity contribution in [1.29, 1.82) is 0 Å². The molecule has 12 heteroatoms. The van der Waals surface area contributed by atoms with Crippen molar-refractivity contribution in [2.24, 2.45) is 0 Å². The second-order valence-corrected chi connectivity index (χ2v) is 5.66. The first-order chi connectivity index (χ1) is 12.4. The Morgan fingerprint density at radius 2 is 1.21 bits per heavy atom. The summed E-state index contributed by atoms with van der Waals surface area (Å²) in [7, 11) is 5.98. The number of carbonyl (C=O) groups is 4. The van der Waals surface area contributed by atoms with Gasteiger partial charge in [0.1, 0.15) is 12.1 Å². The molecule has 0 saturated heterocycles. The van der Waals surface area contributed by atoms with Crippen LogP contribution in [0.5, 0.6) is 0 Å². The summed E-state index contributed by atoms with van der Waals surface area (Å²) in [5, 5.41) is 4.85. The first-order valence-corrected chi connectivity index (χ1v) is 8.49. The molecule has 1 aromatic rings. The van der Waals surface area contributed by atoms with Crippen molar-refractivity contribution >= 4 is 49.0 Å². The Bertz CT molecular complexity index is 640. The quantitative estimate of drug-likeness (QED) is 0.203. The average molecular weight is 576 g/mol. The van der Waals surface area contributed by atoms with E-state index in [1.165, 1.54) is 24.3 Å². The van der Waals surface area contributed by atoms with Crippen LogP contribution in [0, 0.1) is 14.2 Å². The predicted octanol–water partition coefficient (Wildman–Crippen LogP) is 0.408. The second-order valence-electron chi connectivity index (χ2n) is 4.92. The molecule has 2 radical (unpaired) electrons. The molecule has 0 saturated carbocycles. The zero-order valence-electron chi connectivity index (χ0n) is 14.8. The molecule has 0 fully saturated rings. The molecule has 2 N–H and O–H groups in total. The molecule has 0 aliphatic carbocycles. The molecule has 2 atom stereocenters. The van der Waals surface area contributed by atoms with E-state index in [1.807, 2.05) is 0 Å². The van der Waals surface area contributed by atoms with E-state index in [1.54, 1.807) is 0 Å². The molecule has 0 heterocycles. The third kappa shape index (κ3) is 9.22. The van der Waals surface area contributed by atoms with Gasteiger partial charge in [0.2, 0.25) is 0 Å². The molecule has 28 heavy (non-hydrogen) atoms. The van der Waals surface area contributed by atoms with Gasteiger partial charge in [-0.15, -0.1) is 0 Å². The summed E-state index contributed by atoms with van der Waals surface area (Å²) in [5.41, 5.74) is 0.256. The van der Waals surface area contributed by atoms with Gasteiger partial charge in [-0.25, -0.2) is 0 Å². The number of hydrogen-bond donors (Lipinski definition) is 4. The number of nitrogens with one attached hydrogen (secondary N) is 2. The Balaban J connectivity index is 0. The van der Waals surface area contributed by atoms with E-state index in [4.69, 9.17) is 0 Å². The Labute approximate surface area is 224 Å². The summed E-state index contributed by atoms with van der Waals surface area (Å²) in [6, 6.07) is 3.73. The van der Waals surface area contributed by atoms with Gasteiger partial charge in [-0.3, -0.25) is 19.2 Å². The Morgan fingerprint density at radius 1 is 0.857 bits per heavy atom. The molecule has 0 aliphatic rings. The molecule has 8 nitrogen and oxygen atoms in total. The van der Waals surface area contributed by atoms with E-state index in [2.05, 4.69) is 59.6 Å². The molecule has 0 aromatic heterocycles. The number of thiol groups is 2. The summed E-state index contributed by atoms with van der Waals surface area (Å²) in [5.74, 6) is -2.68. The first kappa shape index (κ1) is 30.2. The molecule has 0 bridgehead atoms. The number of amides is 2. The molecule has 1 rings (SSSR count). The Morgan fingerprint density at radius 3 is 1.50 bits per heavy atom. The van der Waals surface area contributed by atoms with E-state index in [-0.39, 0.29) is 88.1 Å². The number of ether oxygens (including phenoxy) is 2. The summed E-state index contributed by atoms with van der Waals surface area (Å²) < 4.78 is 8.64. The summed E-state index contributed by atoms with van der Waals surface area (Å²) in [6.45, 7) is 0. The standard InChI is InChI=1S/C16H18N2O6S2.2Y/c1-23-15(21)11(7-25)17-13(19)9-4-3-5-10(6-9)14(20)18-12(8-26)16(22)24-2;;/h3-6,11-12,25-26H,1-2,7-8H2,(H,17,19)(H,18,20);;/q-2;;. The molecule has 1 aromatic carbocycles. The van der Waals surface area contributed by atoms with Crippen LogP contribution < -0.4 is 10.6 Å². The van der Waals surface area contributed by atoms with Crippen molar-refractivity contribution in [2.75, 3.05) is 11.5 Å². The fourth-order valence-electron chi connectivity index (χ4n) is 1.84. The van der Waals surface area contributed by atoms with E-state index >= 15 is 0 Å². The number of hydrogen-bond acceptors (Lipinski definition) is 8.